The Morgan fingerprint density at radius 3 is 2.94 bits per heavy atom. The third-order valence-corrected chi connectivity index (χ3v) is 3.09. The van der Waals surface area contributed by atoms with Gasteiger partial charge in [-0.1, -0.05) is 24.6 Å². The predicted molar refractivity (Wildman–Crippen MR) is 67.2 cm³/mol. The van der Waals surface area contributed by atoms with Crippen LogP contribution in [-0.4, -0.2) is 11.5 Å². The van der Waals surface area contributed by atoms with Gasteiger partial charge in [-0.3, -0.25) is 4.98 Å². The quantitative estimate of drug-likeness (QED) is 0.782. The minimum absolute atomic E-state index is 0.325. The second-order valence-corrected chi connectivity index (χ2v) is 4.27. The molecule has 2 rings (SSSR count). The van der Waals surface area contributed by atoms with E-state index >= 15 is 0 Å². The molecule has 0 aromatic carbocycles. The van der Waals surface area contributed by atoms with Gasteiger partial charge in [0.1, 0.15) is 0 Å². The predicted octanol–water partition coefficient (Wildman–Crippen LogP) is 3.23. The summed E-state index contributed by atoms with van der Waals surface area (Å²) in [6.07, 6.45) is 9.37. The summed E-state index contributed by atoms with van der Waals surface area (Å²) in [5, 5.41) is 3.54. The average molecular weight is 216 g/mol. The summed E-state index contributed by atoms with van der Waals surface area (Å²) in [6.45, 7) is 3.14. The molecule has 0 fully saturated rings. The molecule has 2 heteroatoms. The van der Waals surface area contributed by atoms with E-state index < -0.39 is 0 Å². The van der Waals surface area contributed by atoms with Crippen LogP contribution >= 0.6 is 0 Å². The van der Waals surface area contributed by atoms with Crippen LogP contribution in [0.15, 0.2) is 36.0 Å². The van der Waals surface area contributed by atoms with E-state index in [1.54, 1.807) is 0 Å². The van der Waals surface area contributed by atoms with E-state index in [0.29, 0.717) is 6.04 Å². The molecule has 2 nitrogen and oxygen atoms in total. The number of likely N-dealkylation sites (N-methyl/N-ethyl adjacent to an activating group) is 1. The maximum absolute atomic E-state index is 4.47. The molecular weight excluding hydrogens is 196 g/mol. The van der Waals surface area contributed by atoms with Crippen molar-refractivity contribution in [3.63, 3.8) is 0 Å². The fourth-order valence-corrected chi connectivity index (χ4v) is 2.30. The Balaban J connectivity index is 2.19. The second-order valence-electron chi connectivity index (χ2n) is 4.27. The zero-order chi connectivity index (χ0) is 11.2. The Hall–Kier alpha value is -1.15. The molecule has 1 N–H and O–H groups in total. The Labute approximate surface area is 97.8 Å². The number of hydrogen-bond donors (Lipinski definition) is 1. The normalized spacial score (nSPS) is 17.9. The molecule has 0 amide bonds. The SMILES string of the molecule is CCNC(C1=CCCCC1)c1ccccn1. The molecular formula is C14H20N2. The molecule has 86 valence electrons. The first-order valence-electron chi connectivity index (χ1n) is 6.25. The first kappa shape index (κ1) is 11.3. The summed E-state index contributed by atoms with van der Waals surface area (Å²) >= 11 is 0. The van der Waals surface area contributed by atoms with Gasteiger partial charge in [0.05, 0.1) is 11.7 Å². The molecule has 1 heterocycles. The number of hydrogen-bond acceptors (Lipinski definition) is 2. The minimum atomic E-state index is 0.325. The Morgan fingerprint density at radius 2 is 2.31 bits per heavy atom. The summed E-state index contributed by atoms with van der Waals surface area (Å²) in [4.78, 5) is 4.47. The lowest BCUT2D eigenvalue weighted by Crippen LogP contribution is -2.24. The maximum Gasteiger partial charge on any atom is 0.0710 e. The molecule has 0 aliphatic heterocycles. The molecule has 1 unspecified atom stereocenters. The van der Waals surface area contributed by atoms with Crippen LogP contribution in [0.3, 0.4) is 0 Å². The third kappa shape index (κ3) is 2.70. The summed E-state index contributed by atoms with van der Waals surface area (Å²) < 4.78 is 0. The van der Waals surface area contributed by atoms with Gasteiger partial charge < -0.3 is 5.32 Å². The molecule has 1 aliphatic carbocycles. The topological polar surface area (TPSA) is 24.9 Å². The maximum atomic E-state index is 4.47. The lowest BCUT2D eigenvalue weighted by atomic mass is 9.92. The highest BCUT2D eigenvalue weighted by atomic mass is 14.9. The van der Waals surface area contributed by atoms with E-state index in [1.807, 2.05) is 12.3 Å². The molecule has 0 saturated carbocycles. The molecule has 1 aromatic rings. The molecule has 0 radical (unpaired) electrons. The smallest absolute Gasteiger partial charge is 0.0710 e. The van der Waals surface area contributed by atoms with E-state index in [4.69, 9.17) is 0 Å². The van der Waals surface area contributed by atoms with E-state index in [9.17, 15) is 0 Å². The molecule has 0 saturated heterocycles. The van der Waals surface area contributed by atoms with Gasteiger partial charge in [-0.25, -0.2) is 0 Å². The van der Waals surface area contributed by atoms with Crippen molar-refractivity contribution in [3.05, 3.63) is 41.7 Å². The van der Waals surface area contributed by atoms with Crippen LogP contribution < -0.4 is 5.32 Å². The number of aromatic nitrogens is 1. The summed E-state index contributed by atoms with van der Waals surface area (Å²) in [6, 6.07) is 6.48. The van der Waals surface area contributed by atoms with E-state index in [0.717, 1.165) is 12.2 Å². The van der Waals surface area contributed by atoms with Crippen molar-refractivity contribution in [3.8, 4) is 0 Å². The number of pyridine rings is 1. The van der Waals surface area contributed by atoms with Crippen LogP contribution in [0.4, 0.5) is 0 Å². The van der Waals surface area contributed by atoms with Crippen LogP contribution in [0, 0.1) is 0 Å². The van der Waals surface area contributed by atoms with Crippen LogP contribution in [0.25, 0.3) is 0 Å². The molecule has 0 bridgehead atoms. The second kappa shape index (κ2) is 5.80. The molecule has 1 aromatic heterocycles. The average Bonchev–Trinajstić information content (AvgIpc) is 2.38. The van der Waals surface area contributed by atoms with Gasteiger partial charge in [0, 0.05) is 6.20 Å². The van der Waals surface area contributed by atoms with Gasteiger partial charge in [0.15, 0.2) is 0 Å². The van der Waals surface area contributed by atoms with Gasteiger partial charge in [0.2, 0.25) is 0 Å². The number of rotatable bonds is 4. The summed E-state index contributed by atoms with van der Waals surface area (Å²) in [5.41, 5.74) is 2.67. The highest BCUT2D eigenvalue weighted by molar-refractivity contribution is 5.23. The van der Waals surface area contributed by atoms with Crippen molar-refractivity contribution in [1.29, 1.82) is 0 Å². The monoisotopic (exact) mass is 216 g/mol. The number of nitrogens with one attached hydrogen (secondary N) is 1. The molecule has 1 atom stereocenters. The Kier molecular flexibility index (Phi) is 4.11. The number of nitrogens with zero attached hydrogens (tertiary/aromatic N) is 1. The largest absolute Gasteiger partial charge is 0.306 e. The van der Waals surface area contributed by atoms with Gasteiger partial charge in [-0.2, -0.15) is 0 Å². The zero-order valence-corrected chi connectivity index (χ0v) is 9.95. The zero-order valence-electron chi connectivity index (χ0n) is 9.95. The van der Waals surface area contributed by atoms with Gasteiger partial charge >= 0.3 is 0 Å². The van der Waals surface area contributed by atoms with Crippen molar-refractivity contribution in [2.75, 3.05) is 6.54 Å². The van der Waals surface area contributed by atoms with E-state index in [2.05, 4.69) is 35.4 Å². The minimum Gasteiger partial charge on any atom is -0.306 e. The first-order valence-corrected chi connectivity index (χ1v) is 6.25. The van der Waals surface area contributed by atoms with Crippen LogP contribution in [0.2, 0.25) is 0 Å². The van der Waals surface area contributed by atoms with Crippen molar-refractivity contribution >= 4 is 0 Å². The fraction of sp³-hybridized carbons (Fsp3) is 0.500. The van der Waals surface area contributed by atoms with Crippen molar-refractivity contribution in [2.24, 2.45) is 0 Å². The lowest BCUT2D eigenvalue weighted by Gasteiger charge is -2.23. The van der Waals surface area contributed by atoms with Crippen LogP contribution in [0.5, 0.6) is 0 Å². The summed E-state index contributed by atoms with van der Waals surface area (Å²) in [7, 11) is 0. The summed E-state index contributed by atoms with van der Waals surface area (Å²) in [5.74, 6) is 0. The van der Waals surface area contributed by atoms with E-state index in [1.165, 1.54) is 31.3 Å². The van der Waals surface area contributed by atoms with Crippen LogP contribution in [-0.2, 0) is 0 Å². The van der Waals surface area contributed by atoms with Crippen molar-refractivity contribution in [2.45, 2.75) is 38.6 Å². The van der Waals surface area contributed by atoms with Gasteiger partial charge in [0.25, 0.3) is 0 Å². The highest BCUT2D eigenvalue weighted by Crippen LogP contribution is 2.28. The fourth-order valence-electron chi connectivity index (χ4n) is 2.30. The van der Waals surface area contributed by atoms with Crippen molar-refractivity contribution < 1.29 is 0 Å². The number of allylic oxidation sites excluding steroid dienone is 1. The highest BCUT2D eigenvalue weighted by Gasteiger charge is 2.17. The molecule has 1 aliphatic rings. The van der Waals surface area contributed by atoms with Gasteiger partial charge in [-0.15, -0.1) is 0 Å². The Bertz CT molecular complexity index is 343. The van der Waals surface area contributed by atoms with E-state index in [-0.39, 0.29) is 0 Å². The van der Waals surface area contributed by atoms with Gasteiger partial charge in [-0.05, 0) is 44.4 Å². The standard InChI is InChI=1S/C14H20N2/c1-2-15-14(12-8-4-3-5-9-12)13-10-6-7-11-16-13/h6-8,10-11,14-15H,2-5,9H2,1H3. The van der Waals surface area contributed by atoms with Crippen molar-refractivity contribution in [1.82, 2.24) is 10.3 Å². The lowest BCUT2D eigenvalue weighted by molar-refractivity contribution is 0.554. The Morgan fingerprint density at radius 1 is 1.38 bits per heavy atom. The first-order chi connectivity index (χ1) is 7.92. The van der Waals surface area contributed by atoms with Crippen LogP contribution in [0.1, 0.15) is 44.3 Å². The molecule has 16 heavy (non-hydrogen) atoms. The third-order valence-electron chi connectivity index (χ3n) is 3.09. The molecule has 0 spiro atoms.